The van der Waals surface area contributed by atoms with Crippen LogP contribution in [0.1, 0.15) is 68.2 Å². The minimum absolute atomic E-state index is 0. The quantitative estimate of drug-likeness (QED) is 0.223. The van der Waals surface area contributed by atoms with E-state index >= 15 is 0 Å². The molecule has 188 valence electrons. The highest BCUT2D eigenvalue weighted by molar-refractivity contribution is 6.63. The van der Waals surface area contributed by atoms with Crippen LogP contribution < -0.4 is 6.15 Å². The lowest BCUT2D eigenvalue weighted by atomic mass is 10.5. The lowest BCUT2D eigenvalue weighted by Gasteiger charge is -2.36. The lowest BCUT2D eigenvalue weighted by Crippen LogP contribution is -2.60. The third kappa shape index (κ3) is 9.84. The Morgan fingerprint density at radius 2 is 0.774 bits per heavy atom. The number of ether oxygens (including phenoxy) is 2. The van der Waals surface area contributed by atoms with Crippen LogP contribution in [0.5, 0.6) is 0 Å². The first-order valence-corrected chi connectivity index (χ1v) is 14.7. The number of hydrogen-bond donors (Lipinski definition) is 1. The number of carbonyl (C=O) groups is 1. The molecule has 10 nitrogen and oxygen atoms in total. The normalized spacial score (nSPS) is 13.9. The first-order chi connectivity index (χ1) is 14.4. The minimum atomic E-state index is -3.25. The highest BCUT2D eigenvalue weighted by Gasteiger charge is 2.54. The average Bonchev–Trinajstić information content (AvgIpc) is 2.71. The molecule has 0 fully saturated rings. The Morgan fingerprint density at radius 3 is 0.935 bits per heavy atom. The Kier molecular flexibility index (Phi) is 18.8. The molecule has 12 heteroatoms. The maximum Gasteiger partial charge on any atom is 0.544 e. The highest BCUT2D eigenvalue weighted by atomic mass is 28.4. The van der Waals surface area contributed by atoms with Gasteiger partial charge in [-0.15, -0.1) is 0 Å². The van der Waals surface area contributed by atoms with Crippen LogP contribution in [0.15, 0.2) is 0 Å². The van der Waals surface area contributed by atoms with E-state index in [0.29, 0.717) is 52.5 Å². The Bertz CT molecular complexity index is 388. The van der Waals surface area contributed by atoms with Gasteiger partial charge in [-0.3, -0.25) is 0 Å². The summed E-state index contributed by atoms with van der Waals surface area (Å²) in [6.45, 7) is 17.2. The van der Waals surface area contributed by atoms with Crippen LogP contribution in [0.4, 0.5) is 4.79 Å². The molecule has 2 unspecified atom stereocenters. The van der Waals surface area contributed by atoms with E-state index in [4.69, 9.17) is 36.0 Å². The van der Waals surface area contributed by atoms with Gasteiger partial charge in [0, 0.05) is 39.6 Å². The molecule has 0 saturated carbocycles. The van der Waals surface area contributed by atoms with Crippen LogP contribution in [-0.2, 0) is 36.0 Å². The smallest absolute Gasteiger partial charge is 0.426 e. The van der Waals surface area contributed by atoms with Gasteiger partial charge in [-0.1, -0.05) is 13.8 Å². The van der Waals surface area contributed by atoms with Gasteiger partial charge in [-0.25, -0.2) is 4.79 Å². The first kappa shape index (κ1) is 32.6. The Balaban J connectivity index is 0. The van der Waals surface area contributed by atoms with Crippen molar-refractivity contribution in [2.75, 3.05) is 39.6 Å². The van der Waals surface area contributed by atoms with Crippen molar-refractivity contribution in [1.82, 2.24) is 6.15 Å². The van der Waals surface area contributed by atoms with E-state index in [-0.39, 0.29) is 6.15 Å². The molecule has 0 aliphatic rings. The Morgan fingerprint density at radius 1 is 0.548 bits per heavy atom. The van der Waals surface area contributed by atoms with Crippen molar-refractivity contribution >= 4 is 23.8 Å². The Labute approximate surface area is 190 Å². The van der Waals surface area contributed by atoms with Crippen molar-refractivity contribution in [1.29, 1.82) is 0 Å². The van der Waals surface area contributed by atoms with Crippen LogP contribution in [-0.4, -0.2) is 74.9 Å². The molecule has 0 aliphatic heterocycles. The van der Waals surface area contributed by atoms with Crippen molar-refractivity contribution in [3.63, 3.8) is 0 Å². The van der Waals surface area contributed by atoms with Gasteiger partial charge in [-0.05, 0) is 54.4 Å². The topological polar surface area (TPSA) is 126 Å². The molecule has 2 atom stereocenters. The molecule has 0 radical (unpaired) electrons. The molecule has 3 N–H and O–H groups in total. The summed E-state index contributed by atoms with van der Waals surface area (Å²) < 4.78 is 46.6. The molecular formula is C19H45NO9Si2. The second kappa shape index (κ2) is 17.9. The summed E-state index contributed by atoms with van der Waals surface area (Å²) >= 11 is 0. The van der Waals surface area contributed by atoms with E-state index < -0.39 is 35.2 Å². The second-order valence-electron chi connectivity index (χ2n) is 6.08. The van der Waals surface area contributed by atoms with Gasteiger partial charge in [0.15, 0.2) is 11.5 Å². The third-order valence-corrected chi connectivity index (χ3v) is 10.9. The van der Waals surface area contributed by atoms with Crippen LogP contribution in [0, 0.1) is 0 Å². The van der Waals surface area contributed by atoms with Crippen LogP contribution in [0.2, 0.25) is 0 Å². The summed E-state index contributed by atoms with van der Waals surface area (Å²) in [6.07, 6.45) is 0.0761. The summed E-state index contributed by atoms with van der Waals surface area (Å²) in [6, 6.07) is 0. The van der Waals surface area contributed by atoms with Gasteiger partial charge in [-0.2, -0.15) is 0 Å². The van der Waals surface area contributed by atoms with Gasteiger partial charge < -0.3 is 42.2 Å². The predicted octanol–water partition coefficient (Wildman–Crippen LogP) is 4.03. The average molecular weight is 488 g/mol. The molecule has 0 rings (SSSR count). The van der Waals surface area contributed by atoms with Gasteiger partial charge in [0.1, 0.15) is 0 Å². The SMILES string of the molecule is CCO[Si](OCC)(OCC)C(CC)OC(=O)OC(CC)[Si](OCC)(OCC)OCC.N. The number of carbonyl (C=O) groups excluding carboxylic acids is 1. The fraction of sp³-hybridized carbons (Fsp3) is 0.947. The molecule has 0 spiro atoms. The van der Waals surface area contributed by atoms with E-state index in [1.807, 2.05) is 55.4 Å². The van der Waals surface area contributed by atoms with Crippen molar-refractivity contribution in [3.05, 3.63) is 0 Å². The number of hydrogen-bond acceptors (Lipinski definition) is 10. The highest BCUT2D eigenvalue weighted by Crippen LogP contribution is 2.24. The Hall–Kier alpha value is -0.576. The van der Waals surface area contributed by atoms with Crippen LogP contribution in [0.25, 0.3) is 0 Å². The molecule has 0 aliphatic carbocycles. The standard InChI is InChI=1S/C19H42O9Si2.H3N/c1-9-17(29(21-11-3,22-12-4)23-13-5)27-19(20)28-18(10-2)30(24-14-6,25-15-7)26-16-8;/h17-18H,9-16H2,1-8H3;1H3. The zero-order valence-corrected chi connectivity index (χ0v) is 22.7. The van der Waals surface area contributed by atoms with Gasteiger partial charge >= 0.3 is 23.8 Å². The zero-order valence-electron chi connectivity index (χ0n) is 20.7. The summed E-state index contributed by atoms with van der Waals surface area (Å²) in [5, 5.41) is 0. The van der Waals surface area contributed by atoms with E-state index in [0.717, 1.165) is 0 Å². The first-order valence-electron chi connectivity index (χ1n) is 11.1. The maximum atomic E-state index is 12.8. The van der Waals surface area contributed by atoms with E-state index in [2.05, 4.69) is 0 Å². The van der Waals surface area contributed by atoms with Crippen molar-refractivity contribution in [3.8, 4) is 0 Å². The second-order valence-corrected chi connectivity index (χ2v) is 11.5. The van der Waals surface area contributed by atoms with Gasteiger partial charge in [0.05, 0.1) is 0 Å². The molecule has 31 heavy (non-hydrogen) atoms. The van der Waals surface area contributed by atoms with E-state index in [1.165, 1.54) is 0 Å². The molecule has 0 saturated heterocycles. The molecule has 0 aromatic heterocycles. The molecular weight excluding hydrogens is 442 g/mol. The van der Waals surface area contributed by atoms with Crippen molar-refractivity contribution in [2.24, 2.45) is 0 Å². The fourth-order valence-electron chi connectivity index (χ4n) is 3.09. The monoisotopic (exact) mass is 487 g/mol. The summed E-state index contributed by atoms with van der Waals surface area (Å²) in [5.41, 5.74) is -1.38. The molecule has 0 aromatic rings. The molecule has 0 amide bonds. The summed E-state index contributed by atoms with van der Waals surface area (Å²) in [5.74, 6) is 0. The number of rotatable bonds is 18. The lowest BCUT2D eigenvalue weighted by molar-refractivity contribution is -0.0364. The van der Waals surface area contributed by atoms with E-state index in [1.54, 1.807) is 0 Å². The zero-order chi connectivity index (χ0) is 23.0. The fourth-order valence-corrected chi connectivity index (χ4v) is 8.60. The predicted molar refractivity (Wildman–Crippen MR) is 122 cm³/mol. The molecule has 0 heterocycles. The van der Waals surface area contributed by atoms with Gasteiger partial charge in [0.25, 0.3) is 0 Å². The molecule has 0 bridgehead atoms. The molecule has 0 aromatic carbocycles. The van der Waals surface area contributed by atoms with Crippen LogP contribution >= 0.6 is 0 Å². The van der Waals surface area contributed by atoms with Crippen LogP contribution in [0.3, 0.4) is 0 Å². The van der Waals surface area contributed by atoms with Crippen molar-refractivity contribution < 1.29 is 40.8 Å². The maximum absolute atomic E-state index is 12.8. The third-order valence-electron chi connectivity index (χ3n) is 4.08. The summed E-state index contributed by atoms with van der Waals surface area (Å²) in [4.78, 5) is 12.8. The van der Waals surface area contributed by atoms with E-state index in [9.17, 15) is 4.79 Å². The van der Waals surface area contributed by atoms with Gasteiger partial charge in [0.2, 0.25) is 0 Å². The summed E-state index contributed by atoms with van der Waals surface area (Å²) in [7, 11) is -6.49. The largest absolute Gasteiger partial charge is 0.544 e. The van der Waals surface area contributed by atoms with Crippen molar-refractivity contribution in [2.45, 2.75) is 79.7 Å². The minimum Gasteiger partial charge on any atom is -0.426 e.